The van der Waals surface area contributed by atoms with E-state index in [-0.39, 0.29) is 13.0 Å². The van der Waals surface area contributed by atoms with Crippen molar-refractivity contribution in [1.29, 1.82) is 0 Å². The van der Waals surface area contributed by atoms with Gasteiger partial charge in [-0.25, -0.2) is 5.84 Å². The molecule has 0 spiro atoms. The molecule has 0 fully saturated rings. The molecular weight excluding hydrogens is 255 g/mol. The highest BCUT2D eigenvalue weighted by Crippen LogP contribution is 2.32. The third-order valence-electron chi connectivity index (χ3n) is 1.64. The number of carbonyl (C=O) groups is 1. The van der Waals surface area contributed by atoms with Gasteiger partial charge in [0.25, 0.3) is 0 Å². The highest BCUT2D eigenvalue weighted by Gasteiger charge is 2.08. The molecule has 0 aromatic heterocycles. The van der Waals surface area contributed by atoms with Crippen LogP contribution in [0.1, 0.15) is 6.42 Å². The second-order valence-corrected chi connectivity index (χ2v) is 3.56. The molecule has 0 saturated heterocycles. The SMILES string of the molecule is NNOC(=O)CCOc1c(Cl)cccc1Cl. The van der Waals surface area contributed by atoms with Crippen molar-refractivity contribution in [2.75, 3.05) is 6.61 Å². The topological polar surface area (TPSA) is 73.6 Å². The van der Waals surface area contributed by atoms with E-state index in [4.69, 9.17) is 33.8 Å². The molecule has 0 bridgehead atoms. The summed E-state index contributed by atoms with van der Waals surface area (Å²) in [7, 11) is 0. The lowest BCUT2D eigenvalue weighted by molar-refractivity contribution is -0.151. The van der Waals surface area contributed by atoms with Gasteiger partial charge in [0.05, 0.1) is 23.1 Å². The second-order valence-electron chi connectivity index (χ2n) is 2.74. The first-order valence-corrected chi connectivity index (χ1v) is 5.13. The lowest BCUT2D eigenvalue weighted by Crippen LogP contribution is -2.26. The van der Waals surface area contributed by atoms with E-state index in [0.717, 1.165) is 0 Å². The van der Waals surface area contributed by atoms with Gasteiger partial charge in [-0.15, -0.1) is 0 Å². The molecule has 0 unspecified atom stereocenters. The Kier molecular flexibility index (Phi) is 5.34. The van der Waals surface area contributed by atoms with Crippen LogP contribution >= 0.6 is 23.2 Å². The molecule has 7 heteroatoms. The summed E-state index contributed by atoms with van der Waals surface area (Å²) < 4.78 is 5.25. The van der Waals surface area contributed by atoms with E-state index < -0.39 is 5.97 Å². The quantitative estimate of drug-likeness (QED) is 0.626. The van der Waals surface area contributed by atoms with Crippen molar-refractivity contribution in [1.82, 2.24) is 5.59 Å². The zero-order valence-electron chi connectivity index (χ0n) is 8.20. The molecule has 5 nitrogen and oxygen atoms in total. The summed E-state index contributed by atoms with van der Waals surface area (Å²) in [6.07, 6.45) is 0.0335. The average Bonchev–Trinajstić information content (AvgIpc) is 2.23. The lowest BCUT2D eigenvalue weighted by atomic mass is 10.3. The van der Waals surface area contributed by atoms with Crippen LogP contribution in [0, 0.1) is 0 Å². The van der Waals surface area contributed by atoms with Gasteiger partial charge in [0.15, 0.2) is 5.75 Å². The Labute approximate surface area is 102 Å². The highest BCUT2D eigenvalue weighted by molar-refractivity contribution is 6.37. The summed E-state index contributed by atoms with van der Waals surface area (Å²) in [6.45, 7) is 0.101. The van der Waals surface area contributed by atoms with Gasteiger partial charge >= 0.3 is 5.97 Å². The third kappa shape index (κ3) is 3.86. The van der Waals surface area contributed by atoms with Crippen LogP contribution in [0.4, 0.5) is 0 Å². The maximum atomic E-state index is 10.9. The van der Waals surface area contributed by atoms with Gasteiger partial charge < -0.3 is 9.57 Å². The van der Waals surface area contributed by atoms with Gasteiger partial charge in [-0.05, 0) is 12.1 Å². The predicted molar refractivity (Wildman–Crippen MR) is 60.0 cm³/mol. The molecule has 0 atom stereocenters. The molecule has 0 amide bonds. The average molecular weight is 265 g/mol. The number of carbonyl (C=O) groups excluding carboxylic acids is 1. The molecule has 0 aliphatic carbocycles. The number of hydrogen-bond donors (Lipinski definition) is 2. The lowest BCUT2D eigenvalue weighted by Gasteiger charge is -2.08. The Morgan fingerprint density at radius 3 is 2.56 bits per heavy atom. The largest absolute Gasteiger partial charge is 0.490 e. The zero-order chi connectivity index (χ0) is 12.0. The minimum Gasteiger partial charge on any atom is -0.490 e. The van der Waals surface area contributed by atoms with Crippen LogP contribution in [0.15, 0.2) is 18.2 Å². The Morgan fingerprint density at radius 2 is 2.00 bits per heavy atom. The summed E-state index contributed by atoms with van der Waals surface area (Å²) in [4.78, 5) is 15.2. The summed E-state index contributed by atoms with van der Waals surface area (Å²) in [5.74, 6) is 4.59. The molecule has 88 valence electrons. The van der Waals surface area contributed by atoms with Crippen molar-refractivity contribution in [3.63, 3.8) is 0 Å². The third-order valence-corrected chi connectivity index (χ3v) is 2.24. The van der Waals surface area contributed by atoms with Gasteiger partial charge in [-0.2, -0.15) is 0 Å². The fourth-order valence-corrected chi connectivity index (χ4v) is 1.48. The van der Waals surface area contributed by atoms with Gasteiger partial charge in [0, 0.05) is 0 Å². The number of nitrogens with one attached hydrogen (secondary N) is 1. The Balaban J connectivity index is 2.46. The van der Waals surface area contributed by atoms with E-state index >= 15 is 0 Å². The van der Waals surface area contributed by atoms with Crippen LogP contribution in [0.5, 0.6) is 5.75 Å². The molecule has 16 heavy (non-hydrogen) atoms. The summed E-state index contributed by atoms with van der Waals surface area (Å²) >= 11 is 11.7. The van der Waals surface area contributed by atoms with Crippen molar-refractivity contribution in [2.24, 2.45) is 5.84 Å². The minimum absolute atomic E-state index is 0.0335. The number of hydrazine groups is 1. The fourth-order valence-electron chi connectivity index (χ4n) is 0.974. The normalized spacial score (nSPS) is 9.94. The smallest absolute Gasteiger partial charge is 0.329 e. The Hall–Kier alpha value is -1.01. The molecule has 0 heterocycles. The van der Waals surface area contributed by atoms with Crippen molar-refractivity contribution in [2.45, 2.75) is 6.42 Å². The molecule has 1 aromatic carbocycles. The van der Waals surface area contributed by atoms with E-state index in [0.29, 0.717) is 15.8 Å². The van der Waals surface area contributed by atoms with E-state index in [1.54, 1.807) is 23.8 Å². The van der Waals surface area contributed by atoms with E-state index in [1.165, 1.54) is 0 Å². The molecule has 0 radical (unpaired) electrons. The predicted octanol–water partition coefficient (Wildman–Crippen LogP) is 1.68. The standard InChI is InChI=1S/C9H10Cl2N2O3/c10-6-2-1-3-7(11)9(6)15-5-4-8(14)16-13-12/h1-3,13H,4-5,12H2. The summed E-state index contributed by atoms with van der Waals surface area (Å²) in [6, 6.07) is 4.98. The maximum Gasteiger partial charge on any atom is 0.329 e. The summed E-state index contributed by atoms with van der Waals surface area (Å²) in [5.41, 5.74) is 1.78. The Bertz CT molecular complexity index is 354. The molecule has 1 aromatic rings. The van der Waals surface area contributed by atoms with Gasteiger partial charge in [-0.1, -0.05) is 34.9 Å². The van der Waals surface area contributed by atoms with Crippen molar-refractivity contribution < 1.29 is 14.4 Å². The number of hydrogen-bond acceptors (Lipinski definition) is 5. The first-order valence-electron chi connectivity index (χ1n) is 4.37. The van der Waals surface area contributed by atoms with Crippen molar-refractivity contribution >= 4 is 29.2 Å². The minimum atomic E-state index is -0.536. The van der Waals surface area contributed by atoms with Crippen LogP contribution < -0.4 is 16.2 Å². The van der Waals surface area contributed by atoms with Crippen molar-refractivity contribution in [3.05, 3.63) is 28.2 Å². The number of nitrogens with two attached hydrogens (primary N) is 1. The highest BCUT2D eigenvalue weighted by atomic mass is 35.5. The van der Waals surface area contributed by atoms with E-state index in [9.17, 15) is 4.79 Å². The number of ether oxygens (including phenoxy) is 1. The number of benzene rings is 1. The van der Waals surface area contributed by atoms with Crippen LogP contribution in [0.3, 0.4) is 0 Å². The molecule has 0 saturated carbocycles. The maximum absolute atomic E-state index is 10.9. The van der Waals surface area contributed by atoms with E-state index in [2.05, 4.69) is 4.84 Å². The second kappa shape index (κ2) is 6.55. The van der Waals surface area contributed by atoms with Crippen LogP contribution in [0.2, 0.25) is 10.0 Å². The molecule has 1 rings (SSSR count). The van der Waals surface area contributed by atoms with Crippen molar-refractivity contribution in [3.8, 4) is 5.75 Å². The molecule has 0 aliphatic heterocycles. The summed E-state index contributed by atoms with van der Waals surface area (Å²) in [5, 5.41) is 0.774. The fraction of sp³-hybridized carbons (Fsp3) is 0.222. The van der Waals surface area contributed by atoms with Gasteiger partial charge in [0.2, 0.25) is 0 Å². The molecule has 0 aliphatic rings. The Morgan fingerprint density at radius 1 is 1.38 bits per heavy atom. The molecular formula is C9H10Cl2N2O3. The first-order chi connectivity index (χ1) is 7.65. The van der Waals surface area contributed by atoms with Crippen LogP contribution in [0.25, 0.3) is 0 Å². The molecule has 3 N–H and O–H groups in total. The zero-order valence-corrected chi connectivity index (χ0v) is 9.72. The monoisotopic (exact) mass is 264 g/mol. The number of rotatable bonds is 5. The first kappa shape index (κ1) is 13.1. The van der Waals surface area contributed by atoms with Crippen LogP contribution in [-0.4, -0.2) is 12.6 Å². The number of halogens is 2. The van der Waals surface area contributed by atoms with Gasteiger partial charge in [0.1, 0.15) is 0 Å². The van der Waals surface area contributed by atoms with Crippen LogP contribution in [-0.2, 0) is 9.63 Å². The van der Waals surface area contributed by atoms with E-state index in [1.807, 2.05) is 0 Å². The van der Waals surface area contributed by atoms with Gasteiger partial charge in [-0.3, -0.25) is 4.79 Å². The number of para-hydroxylation sites is 1.